The molecule has 0 aliphatic carbocycles. The number of carbonyl (C=O) groups excluding carboxylic acids is 1. The van der Waals surface area contributed by atoms with Gasteiger partial charge in [0.15, 0.2) is 0 Å². The fourth-order valence-electron chi connectivity index (χ4n) is 5.06. The number of rotatable bonds is 5. The highest BCUT2D eigenvalue weighted by Gasteiger charge is 2.25. The lowest BCUT2D eigenvalue weighted by atomic mass is 10.0. The Morgan fingerprint density at radius 1 is 0.975 bits per heavy atom. The van der Waals surface area contributed by atoms with Gasteiger partial charge in [-0.3, -0.25) is 9.78 Å². The molecule has 10 heteroatoms. The van der Waals surface area contributed by atoms with Gasteiger partial charge in [0, 0.05) is 49.7 Å². The van der Waals surface area contributed by atoms with E-state index in [0.29, 0.717) is 54.5 Å². The van der Waals surface area contributed by atoms with E-state index in [1.807, 2.05) is 55.1 Å². The van der Waals surface area contributed by atoms with Crippen LogP contribution >= 0.6 is 0 Å². The summed E-state index contributed by atoms with van der Waals surface area (Å²) in [5.41, 5.74) is 5.94. The molecular formula is C30H29N7O3. The third kappa shape index (κ3) is 4.68. The van der Waals surface area contributed by atoms with Gasteiger partial charge < -0.3 is 24.6 Å². The van der Waals surface area contributed by atoms with E-state index in [9.17, 15) is 9.90 Å². The fourth-order valence-corrected chi connectivity index (χ4v) is 5.06. The summed E-state index contributed by atoms with van der Waals surface area (Å²) in [7, 11) is 1.57. The number of aromatic nitrogens is 5. The Hall–Kier alpha value is -4.99. The summed E-state index contributed by atoms with van der Waals surface area (Å²) < 4.78 is 5.41. The molecule has 0 radical (unpaired) electrons. The molecule has 2 aromatic carbocycles. The van der Waals surface area contributed by atoms with Crippen molar-refractivity contribution in [2.24, 2.45) is 0 Å². The van der Waals surface area contributed by atoms with Gasteiger partial charge in [0.2, 0.25) is 5.88 Å². The fraction of sp³-hybridized carbons (Fsp3) is 0.233. The summed E-state index contributed by atoms with van der Waals surface area (Å²) >= 11 is 0. The highest BCUT2D eigenvalue weighted by molar-refractivity contribution is 5.98. The van der Waals surface area contributed by atoms with Crippen LogP contribution in [0.25, 0.3) is 33.5 Å². The maximum Gasteiger partial charge on any atom is 0.254 e. The summed E-state index contributed by atoms with van der Waals surface area (Å²) in [6, 6.07) is 14.5. The SMILES string of the molecule is COc1ncccc1-c1ccc(O)c(-c2nc3cc(C(=O)N4CCN(c5nc(C)cnc5C)CC4)ccc3[nH]2)c1. The summed E-state index contributed by atoms with van der Waals surface area (Å²) in [6.45, 7) is 6.46. The van der Waals surface area contributed by atoms with Crippen molar-refractivity contribution in [1.29, 1.82) is 0 Å². The number of amides is 1. The number of imidazole rings is 1. The smallest absolute Gasteiger partial charge is 0.254 e. The number of carbonyl (C=O) groups is 1. The number of piperazine rings is 1. The molecule has 1 aliphatic rings. The van der Waals surface area contributed by atoms with E-state index < -0.39 is 0 Å². The number of hydrogen-bond donors (Lipinski definition) is 2. The number of methoxy groups -OCH3 is 1. The monoisotopic (exact) mass is 535 g/mol. The predicted octanol–water partition coefficient (Wildman–Crippen LogP) is 4.38. The highest BCUT2D eigenvalue weighted by atomic mass is 16.5. The van der Waals surface area contributed by atoms with Crippen LogP contribution in [0, 0.1) is 13.8 Å². The molecule has 3 aromatic heterocycles. The van der Waals surface area contributed by atoms with E-state index in [2.05, 4.69) is 24.8 Å². The number of anilines is 1. The Bertz CT molecular complexity index is 1720. The Labute approximate surface area is 231 Å². The summed E-state index contributed by atoms with van der Waals surface area (Å²) in [5.74, 6) is 1.94. The normalized spacial score (nSPS) is 13.6. The number of nitrogens with zero attached hydrogens (tertiary/aromatic N) is 6. The van der Waals surface area contributed by atoms with Crippen molar-refractivity contribution >= 4 is 22.8 Å². The number of pyridine rings is 1. The Morgan fingerprint density at radius 2 is 1.80 bits per heavy atom. The van der Waals surface area contributed by atoms with Gasteiger partial charge in [0.25, 0.3) is 5.91 Å². The van der Waals surface area contributed by atoms with E-state index in [0.717, 1.165) is 33.8 Å². The van der Waals surface area contributed by atoms with Crippen molar-refractivity contribution in [2.75, 3.05) is 38.2 Å². The van der Waals surface area contributed by atoms with E-state index in [1.165, 1.54) is 0 Å². The first kappa shape index (κ1) is 25.3. The number of hydrogen-bond acceptors (Lipinski definition) is 8. The third-order valence-corrected chi connectivity index (χ3v) is 7.17. The average molecular weight is 536 g/mol. The van der Waals surface area contributed by atoms with Gasteiger partial charge in [0.05, 0.1) is 35.1 Å². The Kier molecular flexibility index (Phi) is 6.51. The van der Waals surface area contributed by atoms with E-state index in [-0.39, 0.29) is 11.7 Å². The lowest BCUT2D eigenvalue weighted by Gasteiger charge is -2.36. The van der Waals surface area contributed by atoms with Crippen molar-refractivity contribution in [3.8, 4) is 34.1 Å². The first-order valence-corrected chi connectivity index (χ1v) is 13.1. The van der Waals surface area contributed by atoms with E-state index in [1.54, 1.807) is 31.6 Å². The first-order chi connectivity index (χ1) is 19.4. The largest absolute Gasteiger partial charge is 0.507 e. The van der Waals surface area contributed by atoms with Gasteiger partial charge in [-0.15, -0.1) is 0 Å². The summed E-state index contributed by atoms with van der Waals surface area (Å²) in [6.07, 6.45) is 3.44. The zero-order valence-corrected chi connectivity index (χ0v) is 22.5. The zero-order valence-electron chi connectivity index (χ0n) is 22.5. The maximum atomic E-state index is 13.4. The van der Waals surface area contributed by atoms with Crippen LogP contribution in [0.15, 0.2) is 60.9 Å². The lowest BCUT2D eigenvalue weighted by Crippen LogP contribution is -2.49. The minimum absolute atomic E-state index is 0.0355. The molecule has 1 fully saturated rings. The van der Waals surface area contributed by atoms with Gasteiger partial charge in [-0.1, -0.05) is 6.07 Å². The summed E-state index contributed by atoms with van der Waals surface area (Å²) in [4.78, 5) is 38.8. The number of benzene rings is 2. The van der Waals surface area contributed by atoms with Crippen molar-refractivity contribution < 1.29 is 14.6 Å². The number of fused-ring (bicyclic) bond motifs is 1. The third-order valence-electron chi connectivity index (χ3n) is 7.17. The predicted molar refractivity (Wildman–Crippen MR) is 153 cm³/mol. The van der Waals surface area contributed by atoms with Gasteiger partial charge in [-0.25, -0.2) is 15.0 Å². The Balaban J connectivity index is 1.23. The molecular weight excluding hydrogens is 506 g/mol. The van der Waals surface area contributed by atoms with Crippen LogP contribution in [0.5, 0.6) is 11.6 Å². The number of phenols is 1. The molecule has 0 bridgehead atoms. The molecule has 0 unspecified atom stereocenters. The number of aryl methyl sites for hydroxylation is 2. The minimum Gasteiger partial charge on any atom is -0.507 e. The number of nitrogens with one attached hydrogen (secondary N) is 1. The van der Waals surface area contributed by atoms with Crippen molar-refractivity contribution in [3.63, 3.8) is 0 Å². The zero-order chi connectivity index (χ0) is 27.8. The van der Waals surface area contributed by atoms with Crippen LogP contribution in [0.2, 0.25) is 0 Å². The number of aromatic hydroxyl groups is 1. The molecule has 10 nitrogen and oxygen atoms in total. The average Bonchev–Trinajstić information content (AvgIpc) is 3.41. The standard InChI is InChI=1S/C30H29N7O3/c1-18-17-32-19(2)28(33-18)36-11-13-37(14-12-36)30(39)21-6-8-24-25(16-21)35-27(34-24)23-15-20(7-9-26(23)38)22-5-4-10-31-29(22)40-3/h4-10,15-17,38H,11-14H2,1-3H3,(H,34,35). The minimum atomic E-state index is -0.0355. The molecule has 0 atom stereocenters. The van der Waals surface area contributed by atoms with Crippen LogP contribution in [0.1, 0.15) is 21.7 Å². The highest BCUT2D eigenvalue weighted by Crippen LogP contribution is 2.35. The van der Waals surface area contributed by atoms with Crippen molar-refractivity contribution in [3.05, 3.63) is 77.9 Å². The van der Waals surface area contributed by atoms with Crippen molar-refractivity contribution in [2.45, 2.75) is 13.8 Å². The van der Waals surface area contributed by atoms with Gasteiger partial charge in [0.1, 0.15) is 17.4 Å². The van der Waals surface area contributed by atoms with E-state index in [4.69, 9.17) is 9.72 Å². The van der Waals surface area contributed by atoms with Gasteiger partial charge in [-0.05, 0) is 61.9 Å². The quantitative estimate of drug-likeness (QED) is 0.340. The molecule has 0 spiro atoms. The second-order valence-corrected chi connectivity index (χ2v) is 9.81. The second kappa shape index (κ2) is 10.3. The van der Waals surface area contributed by atoms with Crippen LogP contribution < -0.4 is 9.64 Å². The molecule has 40 heavy (non-hydrogen) atoms. The Morgan fingerprint density at radius 3 is 2.60 bits per heavy atom. The molecule has 0 saturated carbocycles. The number of aromatic amines is 1. The second-order valence-electron chi connectivity index (χ2n) is 9.81. The molecule has 1 aliphatic heterocycles. The molecule has 2 N–H and O–H groups in total. The number of phenolic OH excluding ortho intramolecular Hbond substituents is 1. The topological polar surface area (TPSA) is 120 Å². The van der Waals surface area contributed by atoms with Gasteiger partial charge >= 0.3 is 0 Å². The van der Waals surface area contributed by atoms with E-state index >= 15 is 0 Å². The van der Waals surface area contributed by atoms with Crippen LogP contribution in [-0.4, -0.2) is 74.1 Å². The maximum absolute atomic E-state index is 13.4. The van der Waals surface area contributed by atoms with Crippen LogP contribution in [0.4, 0.5) is 5.82 Å². The first-order valence-electron chi connectivity index (χ1n) is 13.1. The molecule has 202 valence electrons. The van der Waals surface area contributed by atoms with Gasteiger partial charge in [-0.2, -0.15) is 0 Å². The molecule has 5 aromatic rings. The summed E-state index contributed by atoms with van der Waals surface area (Å²) in [5, 5.41) is 10.7. The molecule has 1 saturated heterocycles. The molecule has 4 heterocycles. The van der Waals surface area contributed by atoms with Crippen molar-refractivity contribution in [1.82, 2.24) is 29.8 Å². The molecule has 1 amide bonds. The molecule has 6 rings (SSSR count). The lowest BCUT2D eigenvalue weighted by molar-refractivity contribution is 0.0746. The number of ether oxygens (including phenoxy) is 1. The van der Waals surface area contributed by atoms with Crippen LogP contribution in [0.3, 0.4) is 0 Å². The number of H-pyrrole nitrogens is 1. The van der Waals surface area contributed by atoms with Crippen LogP contribution in [-0.2, 0) is 0 Å².